The summed E-state index contributed by atoms with van der Waals surface area (Å²) in [5.74, 6) is -2.85. The van der Waals surface area contributed by atoms with Gasteiger partial charge in [0.2, 0.25) is 17.8 Å². The first-order valence-corrected chi connectivity index (χ1v) is 8.86. The van der Waals surface area contributed by atoms with Crippen LogP contribution in [-0.4, -0.2) is 46.4 Å². The molecule has 10 heteroatoms. The second kappa shape index (κ2) is 8.32. The first-order valence-electron chi connectivity index (χ1n) is 7.98. The molecule has 3 N–H and O–H groups in total. The minimum absolute atomic E-state index is 0.0735. The van der Waals surface area contributed by atoms with Gasteiger partial charge in [-0.1, -0.05) is 6.92 Å². The third-order valence-electron chi connectivity index (χ3n) is 3.65. The van der Waals surface area contributed by atoms with E-state index < -0.39 is 11.8 Å². The molecule has 0 radical (unpaired) electrons. The molecule has 2 aromatic rings. The van der Waals surface area contributed by atoms with Gasteiger partial charge in [-0.2, -0.15) is 4.98 Å². The van der Waals surface area contributed by atoms with Crippen LogP contribution in [0.15, 0.2) is 5.51 Å². The highest BCUT2D eigenvalue weighted by atomic mass is 32.1. The highest BCUT2D eigenvalue weighted by molar-refractivity contribution is 7.16. The fourth-order valence-electron chi connectivity index (χ4n) is 1.95. The molecule has 7 nitrogen and oxygen atoms in total. The van der Waals surface area contributed by atoms with Gasteiger partial charge in [-0.05, 0) is 13.3 Å². The van der Waals surface area contributed by atoms with Crippen molar-refractivity contribution in [1.82, 2.24) is 20.3 Å². The zero-order chi connectivity index (χ0) is 18.4. The molecular weight excluding hydrogens is 350 g/mol. The molecule has 0 aliphatic rings. The number of amides is 1. The summed E-state index contributed by atoms with van der Waals surface area (Å²) in [6, 6.07) is 0. The first-order chi connectivity index (χ1) is 11.8. The number of rotatable bonds is 9. The van der Waals surface area contributed by atoms with Crippen LogP contribution in [0, 0.1) is 5.92 Å². The maximum atomic E-state index is 13.3. The lowest BCUT2D eigenvalue weighted by atomic mass is 10.1. The van der Waals surface area contributed by atoms with Crippen molar-refractivity contribution in [1.29, 1.82) is 0 Å². The lowest BCUT2D eigenvalue weighted by Crippen LogP contribution is -2.28. The number of aromatic nitrogens is 3. The Morgan fingerprint density at radius 2 is 2.08 bits per heavy atom. The number of hydrogen-bond donors (Lipinski definition) is 3. The molecule has 1 amide bonds. The molecule has 1 atom stereocenters. The lowest BCUT2D eigenvalue weighted by Gasteiger charge is -2.20. The van der Waals surface area contributed by atoms with E-state index in [1.54, 1.807) is 5.51 Å². The molecule has 0 bridgehead atoms. The molecule has 0 spiro atoms. The summed E-state index contributed by atoms with van der Waals surface area (Å²) in [5.41, 5.74) is 2.21. The molecule has 1 unspecified atom stereocenters. The second-order valence-corrected chi connectivity index (χ2v) is 6.74. The number of nitrogens with zero attached hydrogens (tertiary/aromatic N) is 3. The Balaban J connectivity index is 2.01. The van der Waals surface area contributed by atoms with Gasteiger partial charge in [0.05, 0.1) is 5.51 Å². The monoisotopic (exact) mass is 372 g/mol. The average Bonchev–Trinajstić information content (AvgIpc) is 2.99. The van der Waals surface area contributed by atoms with Crippen molar-refractivity contribution < 1.29 is 13.6 Å². The van der Waals surface area contributed by atoms with Crippen LogP contribution in [0.4, 0.5) is 20.5 Å². The molecule has 0 aromatic carbocycles. The summed E-state index contributed by atoms with van der Waals surface area (Å²) >= 11 is 1.36. The Bertz CT molecular complexity index is 718. The van der Waals surface area contributed by atoms with E-state index in [0.29, 0.717) is 41.6 Å². The average molecular weight is 372 g/mol. The molecule has 25 heavy (non-hydrogen) atoms. The van der Waals surface area contributed by atoms with Crippen LogP contribution in [0.3, 0.4) is 0 Å². The zero-order valence-corrected chi connectivity index (χ0v) is 15.2. The minimum Gasteiger partial charge on any atom is -0.368 e. The van der Waals surface area contributed by atoms with Crippen LogP contribution >= 0.6 is 11.3 Å². The highest BCUT2D eigenvalue weighted by Gasteiger charge is 2.30. The van der Waals surface area contributed by atoms with Crippen molar-refractivity contribution in [2.45, 2.75) is 33.1 Å². The number of fused-ring (bicyclic) bond motifs is 1. The highest BCUT2D eigenvalue weighted by Crippen LogP contribution is 2.26. The second-order valence-electron chi connectivity index (χ2n) is 5.90. The Hall–Kier alpha value is -2.10. The molecule has 2 heterocycles. The number of alkyl halides is 2. The number of nitrogens with one attached hydrogen (secondary N) is 3. The van der Waals surface area contributed by atoms with Crippen molar-refractivity contribution in [3.8, 4) is 0 Å². The Labute approximate surface area is 148 Å². The molecule has 0 aliphatic carbocycles. The molecule has 0 saturated carbocycles. The van der Waals surface area contributed by atoms with Crippen LogP contribution in [-0.2, 0) is 4.79 Å². The van der Waals surface area contributed by atoms with Gasteiger partial charge in [0.15, 0.2) is 10.6 Å². The molecule has 0 aliphatic heterocycles. The predicted octanol–water partition coefficient (Wildman–Crippen LogP) is 2.73. The van der Waals surface area contributed by atoms with E-state index in [9.17, 15) is 13.6 Å². The number of hydrogen-bond acceptors (Lipinski definition) is 7. The van der Waals surface area contributed by atoms with Gasteiger partial charge in [0.25, 0.3) is 0 Å². The van der Waals surface area contributed by atoms with E-state index in [1.807, 2.05) is 0 Å². The van der Waals surface area contributed by atoms with E-state index >= 15 is 0 Å². The van der Waals surface area contributed by atoms with Crippen LogP contribution in [0.2, 0.25) is 0 Å². The normalized spacial score (nSPS) is 12.8. The zero-order valence-electron chi connectivity index (χ0n) is 14.4. The molecule has 0 saturated heterocycles. The summed E-state index contributed by atoms with van der Waals surface area (Å²) in [7, 11) is 0. The van der Waals surface area contributed by atoms with Crippen LogP contribution < -0.4 is 16.0 Å². The van der Waals surface area contributed by atoms with Crippen molar-refractivity contribution in [3.63, 3.8) is 0 Å². The standard InChI is InChI=1S/C15H22F2N6OS/c1-9(15(3,16)17)7-20-12-11-13(25-8-21-11)23-14(22-12)19-6-4-5-18-10(2)24/h8-9H,4-7H2,1-3H3,(H,18,24)(H2,19,20,22,23). The van der Waals surface area contributed by atoms with Gasteiger partial charge >= 0.3 is 0 Å². The maximum Gasteiger partial charge on any atom is 0.249 e. The van der Waals surface area contributed by atoms with Crippen LogP contribution in [0.5, 0.6) is 0 Å². The summed E-state index contributed by atoms with van der Waals surface area (Å²) in [6.45, 7) is 5.06. The number of halogens is 2. The summed E-state index contributed by atoms with van der Waals surface area (Å²) in [4.78, 5) is 24.4. The molecular formula is C15H22F2N6OS. The van der Waals surface area contributed by atoms with Crippen LogP contribution in [0.25, 0.3) is 10.3 Å². The number of anilines is 2. The van der Waals surface area contributed by atoms with E-state index in [2.05, 4.69) is 30.9 Å². The number of carbonyl (C=O) groups excluding carboxylic acids is 1. The third-order valence-corrected chi connectivity index (χ3v) is 4.37. The van der Waals surface area contributed by atoms with Gasteiger partial charge in [-0.15, -0.1) is 11.3 Å². The quantitative estimate of drug-likeness (QED) is 0.586. The fourth-order valence-corrected chi connectivity index (χ4v) is 2.60. The van der Waals surface area contributed by atoms with Gasteiger partial charge in [0.1, 0.15) is 5.52 Å². The SMILES string of the molecule is CC(=O)NCCCNc1nc(NCC(C)C(C)(F)F)c2ncsc2n1. The fraction of sp³-hybridized carbons (Fsp3) is 0.600. The number of thiazole rings is 1. The lowest BCUT2D eigenvalue weighted by molar-refractivity contribution is -0.118. The van der Waals surface area contributed by atoms with Gasteiger partial charge < -0.3 is 16.0 Å². The van der Waals surface area contributed by atoms with Crippen LogP contribution in [0.1, 0.15) is 27.2 Å². The first kappa shape index (κ1) is 19.2. The molecule has 2 aromatic heterocycles. The van der Waals surface area contributed by atoms with Crippen molar-refractivity contribution in [2.75, 3.05) is 30.3 Å². The van der Waals surface area contributed by atoms with E-state index in [-0.39, 0.29) is 12.5 Å². The summed E-state index contributed by atoms with van der Waals surface area (Å²) in [6.07, 6.45) is 0.714. The molecule has 2 rings (SSSR count). The van der Waals surface area contributed by atoms with Gasteiger partial charge in [-0.3, -0.25) is 4.79 Å². The summed E-state index contributed by atoms with van der Waals surface area (Å²) < 4.78 is 26.6. The Kier molecular flexibility index (Phi) is 6.40. The smallest absolute Gasteiger partial charge is 0.249 e. The van der Waals surface area contributed by atoms with E-state index in [4.69, 9.17) is 0 Å². The largest absolute Gasteiger partial charge is 0.368 e. The van der Waals surface area contributed by atoms with Crippen molar-refractivity contribution in [2.24, 2.45) is 5.92 Å². The maximum absolute atomic E-state index is 13.3. The summed E-state index contributed by atoms with van der Waals surface area (Å²) in [5, 5.41) is 8.73. The van der Waals surface area contributed by atoms with E-state index in [0.717, 1.165) is 6.92 Å². The van der Waals surface area contributed by atoms with Gasteiger partial charge in [-0.25, -0.2) is 18.7 Å². The third kappa shape index (κ3) is 5.73. The predicted molar refractivity (Wildman–Crippen MR) is 95.3 cm³/mol. The topological polar surface area (TPSA) is 91.8 Å². The van der Waals surface area contributed by atoms with Crippen molar-refractivity contribution in [3.05, 3.63) is 5.51 Å². The van der Waals surface area contributed by atoms with E-state index in [1.165, 1.54) is 25.2 Å². The van der Waals surface area contributed by atoms with Gasteiger partial charge in [0, 0.05) is 32.5 Å². The molecule has 138 valence electrons. The Morgan fingerprint density at radius 3 is 2.76 bits per heavy atom. The Morgan fingerprint density at radius 1 is 1.32 bits per heavy atom. The minimum atomic E-state index is -2.77. The number of carbonyl (C=O) groups is 1. The van der Waals surface area contributed by atoms with Crippen molar-refractivity contribution >= 4 is 39.4 Å². The molecule has 0 fully saturated rings.